The molecule has 5 nitrogen and oxygen atoms in total. The smallest absolute Gasteiger partial charge is 0.315 e. The lowest BCUT2D eigenvalue weighted by Crippen LogP contribution is -2.40. The predicted octanol–water partition coefficient (Wildman–Crippen LogP) is 2.89. The zero-order chi connectivity index (χ0) is 15.8. The summed E-state index contributed by atoms with van der Waals surface area (Å²) in [6.07, 6.45) is 0.528. The third-order valence-corrected chi connectivity index (χ3v) is 3.38. The van der Waals surface area contributed by atoms with E-state index < -0.39 is 17.9 Å². The van der Waals surface area contributed by atoms with Crippen LogP contribution in [0.1, 0.15) is 25.8 Å². The monoisotopic (exact) mass is 312 g/mol. The SMILES string of the molecule is CC(C)CC(CNC(=O)NCc1ccccc1Cl)C(=O)O. The molecule has 0 aliphatic heterocycles. The number of carboxylic acids is 1. The maximum absolute atomic E-state index is 11.7. The van der Waals surface area contributed by atoms with Gasteiger partial charge in [0.2, 0.25) is 0 Å². The number of hydrogen-bond acceptors (Lipinski definition) is 2. The molecule has 1 rings (SSSR count). The van der Waals surface area contributed by atoms with Crippen LogP contribution in [0, 0.1) is 11.8 Å². The summed E-state index contributed by atoms with van der Waals surface area (Å²) in [6.45, 7) is 4.32. The Labute approximate surface area is 129 Å². The topological polar surface area (TPSA) is 78.4 Å². The molecule has 1 aromatic carbocycles. The number of halogens is 1. The van der Waals surface area contributed by atoms with E-state index in [1.807, 2.05) is 32.0 Å². The van der Waals surface area contributed by atoms with E-state index in [0.717, 1.165) is 5.56 Å². The average molecular weight is 313 g/mol. The molecule has 1 atom stereocenters. The summed E-state index contributed by atoms with van der Waals surface area (Å²) in [5.74, 6) is -1.20. The Hall–Kier alpha value is -1.75. The zero-order valence-electron chi connectivity index (χ0n) is 12.2. The molecule has 3 N–H and O–H groups in total. The second-order valence-corrected chi connectivity index (χ2v) is 5.73. The fourth-order valence-electron chi connectivity index (χ4n) is 1.94. The van der Waals surface area contributed by atoms with E-state index in [2.05, 4.69) is 10.6 Å². The summed E-state index contributed by atoms with van der Waals surface area (Å²) >= 11 is 5.98. The van der Waals surface area contributed by atoms with Crippen molar-refractivity contribution in [1.82, 2.24) is 10.6 Å². The van der Waals surface area contributed by atoms with Gasteiger partial charge in [-0.05, 0) is 24.0 Å². The lowest BCUT2D eigenvalue weighted by molar-refractivity contribution is -0.142. The number of carbonyl (C=O) groups is 2. The first-order valence-corrected chi connectivity index (χ1v) is 7.25. The maximum Gasteiger partial charge on any atom is 0.315 e. The highest BCUT2D eigenvalue weighted by Gasteiger charge is 2.19. The van der Waals surface area contributed by atoms with E-state index >= 15 is 0 Å². The van der Waals surface area contributed by atoms with Crippen LogP contribution in [0.5, 0.6) is 0 Å². The molecule has 0 spiro atoms. The van der Waals surface area contributed by atoms with E-state index in [-0.39, 0.29) is 12.5 Å². The van der Waals surface area contributed by atoms with Crippen molar-refractivity contribution in [2.45, 2.75) is 26.8 Å². The minimum Gasteiger partial charge on any atom is -0.481 e. The average Bonchev–Trinajstić information content (AvgIpc) is 2.41. The van der Waals surface area contributed by atoms with Crippen molar-refractivity contribution in [2.24, 2.45) is 11.8 Å². The quantitative estimate of drug-likeness (QED) is 0.724. The van der Waals surface area contributed by atoms with Crippen LogP contribution >= 0.6 is 11.6 Å². The largest absolute Gasteiger partial charge is 0.481 e. The minimum atomic E-state index is -0.893. The van der Waals surface area contributed by atoms with Crippen LogP contribution in [0.2, 0.25) is 5.02 Å². The highest BCUT2D eigenvalue weighted by atomic mass is 35.5. The maximum atomic E-state index is 11.7. The minimum absolute atomic E-state index is 0.113. The molecular weight excluding hydrogens is 292 g/mol. The Bertz CT molecular complexity index is 492. The molecule has 0 bridgehead atoms. The van der Waals surface area contributed by atoms with Crippen molar-refractivity contribution < 1.29 is 14.7 Å². The van der Waals surface area contributed by atoms with Crippen molar-refractivity contribution in [2.75, 3.05) is 6.54 Å². The Balaban J connectivity index is 2.39. The molecule has 116 valence electrons. The molecule has 0 aliphatic carbocycles. The molecule has 1 unspecified atom stereocenters. The molecule has 0 aliphatic rings. The van der Waals surface area contributed by atoms with E-state index in [1.54, 1.807) is 6.07 Å². The van der Waals surface area contributed by atoms with Crippen LogP contribution in [0.15, 0.2) is 24.3 Å². The van der Waals surface area contributed by atoms with Gasteiger partial charge in [-0.25, -0.2) is 4.79 Å². The standard InChI is InChI=1S/C15H21ClN2O3/c1-10(2)7-12(14(19)20)9-18-15(21)17-8-11-5-3-4-6-13(11)16/h3-6,10,12H,7-9H2,1-2H3,(H,19,20)(H2,17,18,21). The second-order valence-electron chi connectivity index (χ2n) is 5.32. The molecule has 6 heteroatoms. The zero-order valence-corrected chi connectivity index (χ0v) is 13.0. The number of hydrogen-bond donors (Lipinski definition) is 3. The number of urea groups is 1. The fraction of sp³-hybridized carbons (Fsp3) is 0.467. The lowest BCUT2D eigenvalue weighted by atomic mass is 9.97. The Morgan fingerprint density at radius 3 is 2.48 bits per heavy atom. The van der Waals surface area contributed by atoms with Crippen LogP contribution < -0.4 is 10.6 Å². The lowest BCUT2D eigenvalue weighted by Gasteiger charge is -2.16. The Morgan fingerprint density at radius 1 is 1.24 bits per heavy atom. The predicted molar refractivity (Wildman–Crippen MR) is 82.3 cm³/mol. The third-order valence-electron chi connectivity index (χ3n) is 3.01. The van der Waals surface area contributed by atoms with Crippen molar-refractivity contribution in [3.63, 3.8) is 0 Å². The molecule has 2 amide bonds. The van der Waals surface area contributed by atoms with Crippen LogP contribution in [-0.2, 0) is 11.3 Å². The van der Waals surface area contributed by atoms with E-state index in [4.69, 9.17) is 16.7 Å². The Morgan fingerprint density at radius 2 is 1.90 bits per heavy atom. The van der Waals surface area contributed by atoms with Crippen molar-refractivity contribution >= 4 is 23.6 Å². The van der Waals surface area contributed by atoms with Crippen molar-refractivity contribution in [3.05, 3.63) is 34.9 Å². The summed E-state index contributed by atoms with van der Waals surface area (Å²) in [7, 11) is 0. The second kappa shape index (κ2) is 8.52. The fourth-order valence-corrected chi connectivity index (χ4v) is 2.14. The third kappa shape index (κ3) is 6.49. The molecule has 0 radical (unpaired) electrons. The van der Waals surface area contributed by atoms with Gasteiger partial charge in [0.1, 0.15) is 0 Å². The number of benzene rings is 1. The van der Waals surface area contributed by atoms with Gasteiger partial charge in [-0.15, -0.1) is 0 Å². The van der Waals surface area contributed by atoms with Crippen molar-refractivity contribution in [1.29, 1.82) is 0 Å². The summed E-state index contributed by atoms with van der Waals surface area (Å²) < 4.78 is 0. The van der Waals surface area contributed by atoms with Gasteiger partial charge in [0.05, 0.1) is 5.92 Å². The highest BCUT2D eigenvalue weighted by molar-refractivity contribution is 6.31. The van der Waals surface area contributed by atoms with Gasteiger partial charge in [0.25, 0.3) is 0 Å². The van der Waals surface area contributed by atoms with Crippen LogP contribution in [0.3, 0.4) is 0 Å². The molecule has 0 fully saturated rings. The molecule has 0 aromatic heterocycles. The first kappa shape index (κ1) is 17.3. The number of amides is 2. The highest BCUT2D eigenvalue weighted by Crippen LogP contribution is 2.14. The van der Waals surface area contributed by atoms with Gasteiger partial charge in [0.15, 0.2) is 0 Å². The number of aliphatic carboxylic acids is 1. The number of rotatable bonds is 7. The number of carbonyl (C=O) groups excluding carboxylic acids is 1. The molecule has 1 aromatic rings. The number of nitrogens with one attached hydrogen (secondary N) is 2. The molecule has 21 heavy (non-hydrogen) atoms. The van der Waals surface area contributed by atoms with E-state index in [0.29, 0.717) is 18.0 Å². The van der Waals surface area contributed by atoms with Crippen molar-refractivity contribution in [3.8, 4) is 0 Å². The number of carboxylic acid groups (broad SMARTS) is 1. The van der Waals surface area contributed by atoms with Gasteiger partial charge >= 0.3 is 12.0 Å². The molecular formula is C15H21ClN2O3. The molecule has 0 heterocycles. The van der Waals surface area contributed by atoms with Crippen LogP contribution in [0.4, 0.5) is 4.79 Å². The van der Waals surface area contributed by atoms with Crippen LogP contribution in [0.25, 0.3) is 0 Å². The van der Waals surface area contributed by atoms with Crippen LogP contribution in [-0.4, -0.2) is 23.7 Å². The van der Waals surface area contributed by atoms with Gasteiger partial charge in [0, 0.05) is 18.1 Å². The van der Waals surface area contributed by atoms with Gasteiger partial charge < -0.3 is 15.7 Å². The van der Waals surface area contributed by atoms with Gasteiger partial charge in [-0.3, -0.25) is 4.79 Å². The summed E-state index contributed by atoms with van der Waals surface area (Å²) in [4.78, 5) is 22.8. The van der Waals surface area contributed by atoms with E-state index in [1.165, 1.54) is 0 Å². The van der Waals surface area contributed by atoms with E-state index in [9.17, 15) is 9.59 Å². The molecule has 0 saturated heterocycles. The molecule has 0 saturated carbocycles. The summed E-state index contributed by atoms with van der Waals surface area (Å²) in [6, 6.07) is 6.82. The summed E-state index contributed by atoms with van der Waals surface area (Å²) in [5, 5.41) is 14.9. The van der Waals surface area contributed by atoms with Gasteiger partial charge in [-0.1, -0.05) is 43.6 Å². The van der Waals surface area contributed by atoms with Gasteiger partial charge in [-0.2, -0.15) is 0 Å². The first-order valence-electron chi connectivity index (χ1n) is 6.88. The summed E-state index contributed by atoms with van der Waals surface area (Å²) in [5.41, 5.74) is 0.811. The normalized spacial score (nSPS) is 12.0. The Kier molecular flexibility index (Phi) is 7.02. The first-order chi connectivity index (χ1) is 9.90.